The number of esters is 1. The molecule has 1 amide bonds. The van der Waals surface area contributed by atoms with Gasteiger partial charge in [-0.25, -0.2) is 4.79 Å². The van der Waals surface area contributed by atoms with Gasteiger partial charge in [0.25, 0.3) is 0 Å². The summed E-state index contributed by atoms with van der Waals surface area (Å²) in [6, 6.07) is 3.10. The van der Waals surface area contributed by atoms with Crippen LogP contribution < -0.4 is 0 Å². The summed E-state index contributed by atoms with van der Waals surface area (Å²) in [4.78, 5) is 29.1. The average Bonchev–Trinajstić information content (AvgIpc) is 2.52. The van der Waals surface area contributed by atoms with Crippen LogP contribution >= 0.6 is 0 Å². The topological polar surface area (TPSA) is 59.5 Å². The van der Waals surface area contributed by atoms with E-state index in [0.717, 1.165) is 12.0 Å². The lowest BCUT2D eigenvalue weighted by molar-refractivity contribution is -0.190. The molecular weight excluding hydrogens is 313 g/mol. The number of amides is 1. The number of halogens is 3. The molecule has 0 unspecified atom stereocenters. The molecule has 1 aromatic rings. The molecule has 8 heteroatoms. The van der Waals surface area contributed by atoms with Crippen LogP contribution in [0.3, 0.4) is 0 Å². The van der Waals surface area contributed by atoms with E-state index >= 15 is 0 Å². The Morgan fingerprint density at radius 2 is 2.13 bits per heavy atom. The molecule has 1 aromatic heterocycles. The second-order valence-corrected chi connectivity index (χ2v) is 5.63. The Bertz CT molecular complexity index is 563. The Kier molecular flexibility index (Phi) is 5.23. The number of carbonyl (C=O) groups is 2. The first-order valence-electron chi connectivity index (χ1n) is 7.22. The Labute approximate surface area is 131 Å². The molecule has 0 aromatic carbocycles. The van der Waals surface area contributed by atoms with Crippen molar-refractivity contribution < 1.29 is 27.5 Å². The Hall–Kier alpha value is -2.12. The quantitative estimate of drug-likeness (QED) is 0.617. The van der Waals surface area contributed by atoms with E-state index in [1.807, 2.05) is 6.92 Å². The number of alkyl halides is 3. The third-order valence-corrected chi connectivity index (χ3v) is 3.69. The number of aromatic nitrogens is 1. The summed E-state index contributed by atoms with van der Waals surface area (Å²) in [5.41, 5.74) is 0.747. The predicted molar refractivity (Wildman–Crippen MR) is 74.1 cm³/mol. The fraction of sp³-hybridized carbons (Fsp3) is 0.533. The van der Waals surface area contributed by atoms with E-state index < -0.39 is 24.7 Å². The van der Waals surface area contributed by atoms with Gasteiger partial charge in [-0.15, -0.1) is 0 Å². The van der Waals surface area contributed by atoms with Gasteiger partial charge in [0.05, 0.1) is 6.04 Å². The summed E-state index contributed by atoms with van der Waals surface area (Å²) in [6.07, 6.45) is -0.0271. The first-order valence-corrected chi connectivity index (χ1v) is 7.22. The van der Waals surface area contributed by atoms with Crippen molar-refractivity contribution in [3.8, 4) is 0 Å². The van der Waals surface area contributed by atoms with Gasteiger partial charge in [-0.05, 0) is 30.4 Å². The predicted octanol–water partition coefficient (Wildman–Crippen LogP) is 2.49. The molecule has 1 aliphatic rings. The van der Waals surface area contributed by atoms with Gasteiger partial charge in [-0.2, -0.15) is 13.2 Å². The lowest BCUT2D eigenvalue weighted by atomic mass is 9.90. The van der Waals surface area contributed by atoms with Crippen LogP contribution in [-0.2, 0) is 14.3 Å². The van der Waals surface area contributed by atoms with Gasteiger partial charge in [0.2, 0.25) is 0 Å². The van der Waals surface area contributed by atoms with Crippen molar-refractivity contribution in [2.75, 3.05) is 13.2 Å². The van der Waals surface area contributed by atoms with E-state index in [1.165, 1.54) is 4.90 Å². The van der Waals surface area contributed by atoms with Crippen molar-refractivity contribution in [2.45, 2.75) is 32.0 Å². The minimum atomic E-state index is -4.66. The van der Waals surface area contributed by atoms with Crippen LogP contribution in [-0.4, -0.2) is 41.1 Å². The van der Waals surface area contributed by atoms with E-state index in [4.69, 9.17) is 0 Å². The maximum absolute atomic E-state index is 12.2. The molecule has 0 bridgehead atoms. The lowest BCUT2D eigenvalue weighted by Gasteiger charge is -2.38. The zero-order chi connectivity index (χ0) is 17.0. The summed E-state index contributed by atoms with van der Waals surface area (Å²) >= 11 is 0. The number of nitrogens with zero attached hydrogens (tertiary/aromatic N) is 2. The van der Waals surface area contributed by atoms with E-state index in [1.54, 1.807) is 24.5 Å². The number of rotatable bonds is 2. The van der Waals surface area contributed by atoms with Crippen LogP contribution in [0.15, 0.2) is 24.5 Å². The molecule has 2 heterocycles. The normalized spacial score (nSPS) is 21.8. The molecule has 2 atom stereocenters. The maximum atomic E-state index is 12.2. The van der Waals surface area contributed by atoms with Gasteiger partial charge in [0, 0.05) is 18.9 Å². The Morgan fingerprint density at radius 1 is 1.39 bits per heavy atom. The summed E-state index contributed by atoms with van der Waals surface area (Å²) in [7, 11) is 0. The van der Waals surface area contributed by atoms with Crippen LogP contribution in [0, 0.1) is 5.92 Å². The summed E-state index contributed by atoms with van der Waals surface area (Å²) in [6.45, 7) is 0.443. The highest BCUT2D eigenvalue weighted by Gasteiger charge is 2.37. The number of ether oxygens (including phenoxy) is 1. The summed E-state index contributed by atoms with van der Waals surface area (Å²) < 4.78 is 40.4. The molecule has 0 N–H and O–H groups in total. The molecule has 1 saturated heterocycles. The third kappa shape index (κ3) is 4.67. The molecule has 23 heavy (non-hydrogen) atoms. The summed E-state index contributed by atoms with van der Waals surface area (Å²) in [5, 5.41) is 0. The van der Waals surface area contributed by atoms with Gasteiger partial charge in [0.15, 0.2) is 6.61 Å². The van der Waals surface area contributed by atoms with Crippen LogP contribution in [0.5, 0.6) is 0 Å². The highest BCUT2D eigenvalue weighted by atomic mass is 19.4. The van der Waals surface area contributed by atoms with Gasteiger partial charge in [-0.3, -0.25) is 9.78 Å². The number of hydrogen-bond donors (Lipinski definition) is 0. The van der Waals surface area contributed by atoms with Gasteiger partial charge >= 0.3 is 18.1 Å². The second-order valence-electron chi connectivity index (χ2n) is 5.63. The molecule has 0 saturated carbocycles. The van der Waals surface area contributed by atoms with Crippen molar-refractivity contribution in [3.63, 3.8) is 0 Å². The first kappa shape index (κ1) is 17.2. The molecular formula is C15H17F3N2O3. The fourth-order valence-electron chi connectivity index (χ4n) is 2.62. The Morgan fingerprint density at radius 3 is 2.74 bits per heavy atom. The number of pyridine rings is 1. The van der Waals surface area contributed by atoms with Crippen LogP contribution in [0.1, 0.15) is 31.4 Å². The van der Waals surface area contributed by atoms with Gasteiger partial charge in [-0.1, -0.05) is 13.0 Å². The van der Waals surface area contributed by atoms with Gasteiger partial charge in [0.1, 0.15) is 0 Å². The van der Waals surface area contributed by atoms with Crippen molar-refractivity contribution in [1.29, 1.82) is 0 Å². The van der Waals surface area contributed by atoms with Crippen LogP contribution in [0.2, 0.25) is 0 Å². The van der Waals surface area contributed by atoms with Crippen LogP contribution in [0.25, 0.3) is 0 Å². The fourth-order valence-corrected chi connectivity index (χ4v) is 2.62. The monoisotopic (exact) mass is 330 g/mol. The zero-order valence-corrected chi connectivity index (χ0v) is 12.5. The minimum absolute atomic E-state index is 0.155. The third-order valence-electron chi connectivity index (χ3n) is 3.69. The summed E-state index contributed by atoms with van der Waals surface area (Å²) in [5.74, 6) is -2.37. The van der Waals surface area contributed by atoms with E-state index in [0.29, 0.717) is 13.0 Å². The van der Waals surface area contributed by atoms with Crippen molar-refractivity contribution >= 4 is 11.9 Å². The highest BCUT2D eigenvalue weighted by Crippen LogP contribution is 2.33. The smallest absolute Gasteiger partial charge is 0.422 e. The number of likely N-dealkylation sites (tertiary alicyclic amines) is 1. The molecule has 1 fully saturated rings. The SMILES string of the molecule is C[C@H]1CC[C@H](c2cccnc2)N(C(=O)C(=O)OCC(F)(F)F)C1. The second kappa shape index (κ2) is 6.97. The largest absolute Gasteiger partial charge is 0.449 e. The van der Waals surface area contributed by atoms with E-state index in [-0.39, 0.29) is 12.0 Å². The number of piperidine rings is 1. The van der Waals surface area contributed by atoms with Crippen LogP contribution in [0.4, 0.5) is 13.2 Å². The lowest BCUT2D eigenvalue weighted by Crippen LogP contribution is -2.45. The molecule has 0 aliphatic carbocycles. The molecule has 0 spiro atoms. The molecule has 2 rings (SSSR count). The first-order chi connectivity index (χ1) is 10.8. The van der Waals surface area contributed by atoms with Crippen molar-refractivity contribution in [1.82, 2.24) is 9.88 Å². The number of hydrogen-bond acceptors (Lipinski definition) is 4. The highest BCUT2D eigenvalue weighted by molar-refractivity contribution is 6.32. The minimum Gasteiger partial charge on any atom is -0.449 e. The molecule has 5 nitrogen and oxygen atoms in total. The molecule has 0 radical (unpaired) electrons. The van der Waals surface area contributed by atoms with E-state index in [2.05, 4.69) is 9.72 Å². The maximum Gasteiger partial charge on any atom is 0.422 e. The van der Waals surface area contributed by atoms with Crippen molar-refractivity contribution in [3.05, 3.63) is 30.1 Å². The Balaban J connectivity index is 2.12. The van der Waals surface area contributed by atoms with Gasteiger partial charge < -0.3 is 9.64 Å². The standard InChI is InChI=1S/C15H17F3N2O3/c1-10-4-5-12(11-3-2-6-19-7-11)20(8-10)13(21)14(22)23-9-15(16,17)18/h2-3,6-7,10,12H,4-5,8-9H2,1H3/t10-,12+/m0/s1. The molecule has 1 aliphatic heterocycles. The zero-order valence-electron chi connectivity index (χ0n) is 12.5. The number of carbonyl (C=O) groups excluding carboxylic acids is 2. The van der Waals surface area contributed by atoms with E-state index in [9.17, 15) is 22.8 Å². The van der Waals surface area contributed by atoms with Crippen molar-refractivity contribution in [2.24, 2.45) is 5.92 Å². The average molecular weight is 330 g/mol. The molecule has 126 valence electrons.